The number of rotatable bonds is 5. The second-order valence-electron chi connectivity index (χ2n) is 6.64. The Labute approximate surface area is 178 Å². The van der Waals surface area contributed by atoms with E-state index in [1.807, 2.05) is 13.8 Å². The standard InChI is InChI=1S/C21H17ClN2O5S/c1-14-3-7-16(8-4-14)23(30(28,29)18-10-5-15(2)6-11-18)21(25)19-13-17(24(26)27)9-12-20(19)22/h3-13H,1-2H3. The molecule has 0 bridgehead atoms. The Balaban J connectivity index is 2.21. The van der Waals surface area contributed by atoms with Gasteiger partial charge in [-0.2, -0.15) is 4.31 Å². The Bertz CT molecular complexity index is 1220. The smallest absolute Gasteiger partial charge is 0.268 e. The van der Waals surface area contributed by atoms with Crippen LogP contribution in [0.5, 0.6) is 0 Å². The molecule has 0 heterocycles. The quantitative estimate of drug-likeness (QED) is 0.411. The van der Waals surface area contributed by atoms with Crippen molar-refractivity contribution in [2.24, 2.45) is 0 Å². The van der Waals surface area contributed by atoms with Gasteiger partial charge in [-0.3, -0.25) is 14.9 Å². The average Bonchev–Trinajstić information content (AvgIpc) is 2.70. The number of anilines is 1. The highest BCUT2D eigenvalue weighted by molar-refractivity contribution is 7.93. The number of hydrogen-bond acceptors (Lipinski definition) is 5. The number of halogens is 1. The van der Waals surface area contributed by atoms with Gasteiger partial charge < -0.3 is 0 Å². The number of amides is 1. The van der Waals surface area contributed by atoms with Gasteiger partial charge in [-0.15, -0.1) is 0 Å². The van der Waals surface area contributed by atoms with Gasteiger partial charge in [-0.05, 0) is 44.2 Å². The van der Waals surface area contributed by atoms with Crippen LogP contribution >= 0.6 is 11.6 Å². The van der Waals surface area contributed by atoms with Crippen LogP contribution < -0.4 is 4.31 Å². The number of sulfonamides is 1. The number of hydrogen-bond donors (Lipinski definition) is 0. The summed E-state index contributed by atoms with van der Waals surface area (Å²) in [5, 5.41) is 11.0. The van der Waals surface area contributed by atoms with Gasteiger partial charge in [0.25, 0.3) is 21.6 Å². The first-order valence-electron chi connectivity index (χ1n) is 8.78. The number of aryl methyl sites for hydroxylation is 2. The molecule has 3 rings (SSSR count). The molecule has 0 aliphatic carbocycles. The lowest BCUT2D eigenvalue weighted by Crippen LogP contribution is -2.37. The summed E-state index contributed by atoms with van der Waals surface area (Å²) in [6.45, 7) is 3.63. The zero-order chi connectivity index (χ0) is 22.1. The van der Waals surface area contributed by atoms with Crippen molar-refractivity contribution >= 4 is 38.9 Å². The van der Waals surface area contributed by atoms with Gasteiger partial charge in [0.15, 0.2) is 0 Å². The predicted octanol–water partition coefficient (Wildman–Crippen LogP) is 4.90. The molecule has 9 heteroatoms. The van der Waals surface area contributed by atoms with Crippen LogP contribution in [0.1, 0.15) is 21.5 Å². The Hall–Kier alpha value is -3.23. The van der Waals surface area contributed by atoms with E-state index in [4.69, 9.17) is 11.6 Å². The summed E-state index contributed by atoms with van der Waals surface area (Å²) in [6.07, 6.45) is 0. The van der Waals surface area contributed by atoms with Crippen LogP contribution in [0.15, 0.2) is 71.6 Å². The maximum absolute atomic E-state index is 13.4. The Morgan fingerprint density at radius 3 is 2.00 bits per heavy atom. The van der Waals surface area contributed by atoms with Crippen molar-refractivity contribution < 1.29 is 18.1 Å². The normalized spacial score (nSPS) is 11.2. The van der Waals surface area contributed by atoms with Crippen molar-refractivity contribution in [1.29, 1.82) is 0 Å². The molecule has 1 amide bonds. The monoisotopic (exact) mass is 444 g/mol. The third-order valence-electron chi connectivity index (χ3n) is 4.40. The number of nitro groups is 1. The highest BCUT2D eigenvalue weighted by Gasteiger charge is 2.33. The van der Waals surface area contributed by atoms with Crippen LogP contribution in [0.25, 0.3) is 0 Å². The lowest BCUT2D eigenvalue weighted by molar-refractivity contribution is -0.384. The van der Waals surface area contributed by atoms with Crippen LogP contribution in [0.4, 0.5) is 11.4 Å². The summed E-state index contributed by atoms with van der Waals surface area (Å²) < 4.78 is 27.4. The predicted molar refractivity (Wildman–Crippen MR) is 114 cm³/mol. The van der Waals surface area contributed by atoms with E-state index in [0.29, 0.717) is 4.31 Å². The van der Waals surface area contributed by atoms with Crippen molar-refractivity contribution in [3.05, 3.63) is 98.6 Å². The van der Waals surface area contributed by atoms with Crippen molar-refractivity contribution in [3.63, 3.8) is 0 Å². The first kappa shape index (κ1) is 21.5. The largest absolute Gasteiger partial charge is 0.274 e. The van der Waals surface area contributed by atoms with Crippen LogP contribution in [-0.2, 0) is 10.0 Å². The number of nitrogens with zero attached hydrogens (tertiary/aromatic N) is 2. The fraction of sp³-hybridized carbons (Fsp3) is 0.0952. The van der Waals surface area contributed by atoms with Gasteiger partial charge in [0.1, 0.15) is 0 Å². The second kappa shape index (κ2) is 8.25. The molecule has 0 aliphatic rings. The molecule has 3 aromatic carbocycles. The van der Waals surface area contributed by atoms with E-state index in [-0.39, 0.29) is 26.9 Å². The highest BCUT2D eigenvalue weighted by atomic mass is 35.5. The van der Waals surface area contributed by atoms with Gasteiger partial charge in [0, 0.05) is 12.1 Å². The molecule has 7 nitrogen and oxygen atoms in total. The molecule has 0 aromatic heterocycles. The maximum atomic E-state index is 13.4. The topological polar surface area (TPSA) is 97.6 Å². The maximum Gasteiger partial charge on any atom is 0.274 e. The van der Waals surface area contributed by atoms with Crippen LogP contribution in [0.3, 0.4) is 0 Å². The molecule has 0 saturated heterocycles. The third-order valence-corrected chi connectivity index (χ3v) is 6.46. The molecular weight excluding hydrogens is 428 g/mol. The van der Waals surface area contributed by atoms with Gasteiger partial charge >= 0.3 is 0 Å². The molecular formula is C21H17ClN2O5S. The number of carbonyl (C=O) groups excluding carboxylic acids is 1. The summed E-state index contributed by atoms with van der Waals surface area (Å²) >= 11 is 6.10. The fourth-order valence-corrected chi connectivity index (χ4v) is 4.37. The van der Waals surface area contributed by atoms with Crippen LogP contribution in [0, 0.1) is 24.0 Å². The van der Waals surface area contributed by atoms with E-state index in [2.05, 4.69) is 0 Å². The second-order valence-corrected chi connectivity index (χ2v) is 8.84. The van der Waals surface area contributed by atoms with E-state index in [1.165, 1.54) is 30.3 Å². The Morgan fingerprint density at radius 2 is 1.47 bits per heavy atom. The van der Waals surface area contributed by atoms with E-state index >= 15 is 0 Å². The summed E-state index contributed by atoms with van der Waals surface area (Å²) in [5.41, 5.74) is 1.14. The van der Waals surface area contributed by atoms with E-state index in [9.17, 15) is 23.3 Å². The molecule has 3 aromatic rings. The Morgan fingerprint density at radius 1 is 0.933 bits per heavy atom. The minimum atomic E-state index is -4.33. The Kier molecular flexibility index (Phi) is 5.91. The molecule has 0 N–H and O–H groups in total. The first-order valence-corrected chi connectivity index (χ1v) is 10.6. The van der Waals surface area contributed by atoms with E-state index < -0.39 is 20.9 Å². The molecule has 0 spiro atoms. The lowest BCUT2D eigenvalue weighted by Gasteiger charge is -2.23. The van der Waals surface area contributed by atoms with Crippen molar-refractivity contribution in [2.75, 3.05) is 4.31 Å². The molecule has 30 heavy (non-hydrogen) atoms. The minimum Gasteiger partial charge on any atom is -0.268 e. The minimum absolute atomic E-state index is 0.0914. The molecule has 0 atom stereocenters. The number of benzene rings is 3. The molecule has 0 aliphatic heterocycles. The van der Waals surface area contributed by atoms with E-state index in [0.717, 1.165) is 23.3 Å². The van der Waals surface area contributed by atoms with Crippen molar-refractivity contribution in [2.45, 2.75) is 18.7 Å². The zero-order valence-corrected chi connectivity index (χ0v) is 17.6. The summed E-state index contributed by atoms with van der Waals surface area (Å²) in [6, 6.07) is 15.6. The van der Waals surface area contributed by atoms with Crippen molar-refractivity contribution in [1.82, 2.24) is 0 Å². The number of non-ortho nitro benzene ring substituents is 1. The van der Waals surface area contributed by atoms with E-state index in [1.54, 1.807) is 24.3 Å². The molecule has 0 saturated carbocycles. The average molecular weight is 445 g/mol. The third kappa shape index (κ3) is 4.19. The lowest BCUT2D eigenvalue weighted by atomic mass is 10.1. The summed E-state index contributed by atoms with van der Waals surface area (Å²) in [4.78, 5) is 23.7. The summed E-state index contributed by atoms with van der Waals surface area (Å²) in [5.74, 6) is -0.992. The molecule has 0 radical (unpaired) electrons. The van der Waals surface area contributed by atoms with Crippen LogP contribution in [-0.4, -0.2) is 19.2 Å². The summed E-state index contributed by atoms with van der Waals surface area (Å²) in [7, 11) is -4.33. The first-order chi connectivity index (χ1) is 14.1. The van der Waals surface area contributed by atoms with Gasteiger partial charge in [0.2, 0.25) is 0 Å². The van der Waals surface area contributed by atoms with Crippen LogP contribution in [0.2, 0.25) is 5.02 Å². The molecule has 0 unspecified atom stereocenters. The molecule has 154 valence electrons. The molecule has 0 fully saturated rings. The highest BCUT2D eigenvalue weighted by Crippen LogP contribution is 2.30. The zero-order valence-electron chi connectivity index (χ0n) is 16.1. The van der Waals surface area contributed by atoms with Gasteiger partial charge in [-0.25, -0.2) is 8.42 Å². The van der Waals surface area contributed by atoms with Gasteiger partial charge in [0.05, 0.1) is 26.1 Å². The fourth-order valence-electron chi connectivity index (χ4n) is 2.76. The SMILES string of the molecule is Cc1ccc(N(C(=O)c2cc([N+](=O)[O-])ccc2Cl)S(=O)(=O)c2ccc(C)cc2)cc1. The number of carbonyl (C=O) groups is 1. The number of nitro benzene ring substituents is 1. The van der Waals surface area contributed by atoms with Crippen molar-refractivity contribution in [3.8, 4) is 0 Å². The van der Waals surface area contributed by atoms with Gasteiger partial charge in [-0.1, -0.05) is 47.0 Å².